The fraction of sp³-hybridized carbons (Fsp3) is 0.158. The van der Waals surface area contributed by atoms with Crippen molar-refractivity contribution in [1.82, 2.24) is 0 Å². The van der Waals surface area contributed by atoms with Crippen molar-refractivity contribution >= 4 is 23.1 Å². The molecule has 0 saturated carbocycles. The summed E-state index contributed by atoms with van der Waals surface area (Å²) in [7, 11) is 0. The van der Waals surface area contributed by atoms with Gasteiger partial charge in [0.1, 0.15) is 5.82 Å². The van der Waals surface area contributed by atoms with E-state index >= 15 is 0 Å². The van der Waals surface area contributed by atoms with Crippen LogP contribution in [0.2, 0.25) is 0 Å². The Morgan fingerprint density at radius 1 is 1.00 bits per heavy atom. The van der Waals surface area contributed by atoms with Crippen LogP contribution in [0, 0.1) is 12.7 Å². The molecule has 0 aliphatic heterocycles. The Morgan fingerprint density at radius 3 is 2.50 bits per heavy atom. The SMILES string of the molecule is CSc1ccc(C)c(Cc2ccc(-c3ccc(F)cc3)s2)c1. The molecule has 0 aliphatic carbocycles. The maximum Gasteiger partial charge on any atom is 0.123 e. The fourth-order valence-electron chi connectivity index (χ4n) is 2.40. The van der Waals surface area contributed by atoms with Crippen molar-refractivity contribution in [2.45, 2.75) is 18.2 Å². The van der Waals surface area contributed by atoms with E-state index in [1.807, 2.05) is 12.1 Å². The van der Waals surface area contributed by atoms with Crippen LogP contribution in [0.3, 0.4) is 0 Å². The zero-order valence-corrected chi connectivity index (χ0v) is 14.2. The maximum absolute atomic E-state index is 13.0. The van der Waals surface area contributed by atoms with Gasteiger partial charge in [-0.05, 0) is 66.3 Å². The van der Waals surface area contributed by atoms with Crippen LogP contribution in [0.5, 0.6) is 0 Å². The van der Waals surface area contributed by atoms with Crippen molar-refractivity contribution in [3.63, 3.8) is 0 Å². The normalized spacial score (nSPS) is 10.9. The quantitative estimate of drug-likeness (QED) is 0.516. The first-order valence-corrected chi connectivity index (χ1v) is 9.18. The van der Waals surface area contributed by atoms with Crippen LogP contribution in [-0.2, 0) is 6.42 Å². The molecule has 3 rings (SSSR count). The van der Waals surface area contributed by atoms with Crippen LogP contribution in [0.15, 0.2) is 59.5 Å². The van der Waals surface area contributed by atoms with Crippen molar-refractivity contribution in [3.8, 4) is 10.4 Å². The van der Waals surface area contributed by atoms with Crippen molar-refractivity contribution in [3.05, 3.63) is 76.4 Å². The van der Waals surface area contributed by atoms with Gasteiger partial charge in [-0.15, -0.1) is 23.1 Å². The fourth-order valence-corrected chi connectivity index (χ4v) is 3.90. The Kier molecular flexibility index (Phi) is 4.65. The Morgan fingerprint density at radius 2 is 1.77 bits per heavy atom. The summed E-state index contributed by atoms with van der Waals surface area (Å²) in [6.45, 7) is 2.16. The summed E-state index contributed by atoms with van der Waals surface area (Å²) in [5.74, 6) is -0.190. The van der Waals surface area contributed by atoms with E-state index in [0.29, 0.717) is 0 Å². The second-order valence-corrected chi connectivity index (χ2v) is 7.29. The van der Waals surface area contributed by atoms with Gasteiger partial charge in [0.05, 0.1) is 0 Å². The highest BCUT2D eigenvalue weighted by molar-refractivity contribution is 7.98. The Labute approximate surface area is 139 Å². The second-order valence-electron chi connectivity index (χ2n) is 5.24. The van der Waals surface area contributed by atoms with Gasteiger partial charge in [-0.25, -0.2) is 4.39 Å². The molecule has 1 heterocycles. The van der Waals surface area contributed by atoms with E-state index in [-0.39, 0.29) is 5.82 Å². The molecule has 112 valence electrons. The summed E-state index contributed by atoms with van der Waals surface area (Å²) in [4.78, 5) is 3.82. The first kappa shape index (κ1) is 15.3. The van der Waals surface area contributed by atoms with Crippen LogP contribution in [0.4, 0.5) is 4.39 Å². The third-order valence-electron chi connectivity index (χ3n) is 3.71. The van der Waals surface area contributed by atoms with E-state index < -0.39 is 0 Å². The van der Waals surface area contributed by atoms with Gasteiger partial charge in [0.2, 0.25) is 0 Å². The van der Waals surface area contributed by atoms with Gasteiger partial charge < -0.3 is 0 Å². The molecule has 0 saturated heterocycles. The Hall–Kier alpha value is -1.58. The molecule has 0 spiro atoms. The summed E-state index contributed by atoms with van der Waals surface area (Å²) >= 11 is 3.55. The molecule has 0 nitrogen and oxygen atoms in total. The summed E-state index contributed by atoms with van der Waals surface area (Å²) < 4.78 is 13.0. The van der Waals surface area contributed by atoms with E-state index in [4.69, 9.17) is 0 Å². The van der Waals surface area contributed by atoms with Gasteiger partial charge in [0.15, 0.2) is 0 Å². The van der Waals surface area contributed by atoms with E-state index in [2.05, 4.69) is 43.5 Å². The number of rotatable bonds is 4. The minimum atomic E-state index is -0.190. The number of hydrogen-bond donors (Lipinski definition) is 0. The highest BCUT2D eigenvalue weighted by Crippen LogP contribution is 2.30. The first-order chi connectivity index (χ1) is 10.7. The lowest BCUT2D eigenvalue weighted by Crippen LogP contribution is -1.89. The predicted molar refractivity (Wildman–Crippen MR) is 95.5 cm³/mol. The Balaban J connectivity index is 1.84. The van der Waals surface area contributed by atoms with Crippen LogP contribution in [0.25, 0.3) is 10.4 Å². The van der Waals surface area contributed by atoms with E-state index in [1.54, 1.807) is 23.1 Å². The third kappa shape index (κ3) is 3.42. The average Bonchev–Trinajstić information content (AvgIpc) is 2.99. The second kappa shape index (κ2) is 6.67. The lowest BCUT2D eigenvalue weighted by Gasteiger charge is -2.06. The molecule has 0 aliphatic rings. The van der Waals surface area contributed by atoms with Gasteiger partial charge in [-0.2, -0.15) is 0 Å². The monoisotopic (exact) mass is 328 g/mol. The van der Waals surface area contributed by atoms with Crippen molar-refractivity contribution in [2.24, 2.45) is 0 Å². The van der Waals surface area contributed by atoms with Crippen molar-refractivity contribution < 1.29 is 4.39 Å². The Bertz CT molecular complexity index is 772. The molecule has 0 radical (unpaired) electrons. The molecule has 0 bridgehead atoms. The van der Waals surface area contributed by atoms with Crippen molar-refractivity contribution in [1.29, 1.82) is 0 Å². The van der Waals surface area contributed by atoms with Crippen molar-refractivity contribution in [2.75, 3.05) is 6.26 Å². The lowest BCUT2D eigenvalue weighted by molar-refractivity contribution is 0.628. The molecule has 3 aromatic rings. The zero-order valence-electron chi connectivity index (χ0n) is 12.6. The number of aryl methyl sites for hydroxylation is 1. The van der Waals surface area contributed by atoms with Crippen LogP contribution in [0.1, 0.15) is 16.0 Å². The molecule has 2 aromatic carbocycles. The molecule has 22 heavy (non-hydrogen) atoms. The van der Waals surface area contributed by atoms with Gasteiger partial charge in [-0.1, -0.05) is 18.2 Å². The number of hydrogen-bond acceptors (Lipinski definition) is 2. The minimum absolute atomic E-state index is 0.190. The minimum Gasteiger partial charge on any atom is -0.207 e. The topological polar surface area (TPSA) is 0 Å². The maximum atomic E-state index is 13.0. The van der Waals surface area contributed by atoms with Gasteiger partial charge >= 0.3 is 0 Å². The lowest BCUT2D eigenvalue weighted by atomic mass is 10.1. The standard InChI is InChI=1S/C19H17FS2/c1-13-3-8-17(21-2)11-15(13)12-18-9-10-19(22-18)14-4-6-16(20)7-5-14/h3-11H,12H2,1-2H3. The smallest absolute Gasteiger partial charge is 0.123 e. The molecule has 0 N–H and O–H groups in total. The van der Waals surface area contributed by atoms with E-state index in [1.165, 1.54) is 37.9 Å². The highest BCUT2D eigenvalue weighted by Gasteiger charge is 2.06. The van der Waals surface area contributed by atoms with E-state index in [0.717, 1.165) is 12.0 Å². The summed E-state index contributed by atoms with van der Waals surface area (Å²) in [5, 5.41) is 0. The first-order valence-electron chi connectivity index (χ1n) is 7.14. The van der Waals surface area contributed by atoms with Crippen LogP contribution < -0.4 is 0 Å². The predicted octanol–water partition coefficient (Wildman–Crippen LogP) is 6.18. The van der Waals surface area contributed by atoms with Crippen LogP contribution >= 0.6 is 23.1 Å². The highest BCUT2D eigenvalue weighted by atomic mass is 32.2. The largest absolute Gasteiger partial charge is 0.207 e. The molecule has 0 fully saturated rings. The van der Waals surface area contributed by atoms with Gasteiger partial charge in [-0.3, -0.25) is 0 Å². The summed E-state index contributed by atoms with van der Waals surface area (Å²) in [5.41, 5.74) is 3.78. The number of benzene rings is 2. The summed E-state index contributed by atoms with van der Waals surface area (Å²) in [6.07, 6.45) is 3.05. The number of thioether (sulfide) groups is 1. The number of thiophene rings is 1. The van der Waals surface area contributed by atoms with Gasteiger partial charge in [0.25, 0.3) is 0 Å². The average molecular weight is 328 g/mol. The summed E-state index contributed by atoms with van der Waals surface area (Å²) in [6, 6.07) is 17.6. The third-order valence-corrected chi connectivity index (χ3v) is 5.57. The molecule has 0 unspecified atom stereocenters. The molecular weight excluding hydrogens is 311 g/mol. The molecule has 0 amide bonds. The molecule has 3 heteroatoms. The number of halogens is 1. The zero-order chi connectivity index (χ0) is 15.5. The van der Waals surface area contributed by atoms with E-state index in [9.17, 15) is 4.39 Å². The van der Waals surface area contributed by atoms with Crippen LogP contribution in [-0.4, -0.2) is 6.26 Å². The molecule has 1 aromatic heterocycles. The van der Waals surface area contributed by atoms with Gasteiger partial charge in [0, 0.05) is 21.1 Å². The molecule has 0 atom stereocenters. The molecular formula is C19H17FS2.